The van der Waals surface area contributed by atoms with Crippen molar-refractivity contribution in [2.45, 2.75) is 12.5 Å². The van der Waals surface area contributed by atoms with E-state index in [4.69, 9.17) is 10.7 Å². The Hall–Kier alpha value is -3.27. The van der Waals surface area contributed by atoms with Crippen LogP contribution in [0.4, 0.5) is 11.4 Å². The van der Waals surface area contributed by atoms with Gasteiger partial charge in [-0.3, -0.25) is 4.99 Å². The van der Waals surface area contributed by atoms with Crippen LogP contribution in [0.1, 0.15) is 22.6 Å². The average molecular weight is 342 g/mol. The molecule has 0 saturated carbocycles. The fraction of sp³-hybridized carbons (Fsp3) is 0.136. The number of fused-ring (bicyclic) bond motifs is 1. The lowest BCUT2D eigenvalue weighted by Gasteiger charge is -2.17. The van der Waals surface area contributed by atoms with Crippen LogP contribution in [-0.2, 0) is 6.54 Å². The Labute approximate surface area is 153 Å². The number of hydrogen-bond acceptors (Lipinski definition) is 4. The van der Waals surface area contributed by atoms with Gasteiger partial charge in [0.1, 0.15) is 0 Å². The molecule has 1 atom stereocenters. The largest absolute Gasteiger partial charge is 0.399 e. The SMILES string of the molecule is Nc1ccc(CNC2=NCC(c3ccccc3)c3ccccc3N2)cc1. The van der Waals surface area contributed by atoms with Crippen molar-refractivity contribution in [2.24, 2.45) is 4.99 Å². The molecule has 0 amide bonds. The number of guanidine groups is 1. The van der Waals surface area contributed by atoms with Crippen LogP contribution >= 0.6 is 0 Å². The molecular weight excluding hydrogens is 320 g/mol. The highest BCUT2D eigenvalue weighted by Gasteiger charge is 2.20. The first-order valence-electron chi connectivity index (χ1n) is 8.83. The van der Waals surface area contributed by atoms with Crippen molar-refractivity contribution in [3.05, 3.63) is 95.6 Å². The Morgan fingerprint density at radius 3 is 2.46 bits per heavy atom. The summed E-state index contributed by atoms with van der Waals surface area (Å²) >= 11 is 0. The topological polar surface area (TPSA) is 62.4 Å². The van der Waals surface area contributed by atoms with Gasteiger partial charge in [-0.1, -0.05) is 60.7 Å². The van der Waals surface area contributed by atoms with E-state index in [0.29, 0.717) is 13.1 Å². The first kappa shape index (κ1) is 16.2. The van der Waals surface area contributed by atoms with Crippen molar-refractivity contribution < 1.29 is 0 Å². The standard InChI is InChI=1S/C22H22N4/c23-18-12-10-16(11-13-18)14-24-22-25-15-20(17-6-2-1-3-7-17)19-8-4-5-9-21(19)26-22/h1-13,20H,14-15,23H2,(H2,24,25,26). The molecule has 130 valence electrons. The highest BCUT2D eigenvalue weighted by Crippen LogP contribution is 2.32. The van der Waals surface area contributed by atoms with Crippen molar-refractivity contribution in [1.82, 2.24) is 5.32 Å². The van der Waals surface area contributed by atoms with Crippen LogP contribution in [0.15, 0.2) is 83.9 Å². The molecule has 1 unspecified atom stereocenters. The van der Waals surface area contributed by atoms with Gasteiger partial charge >= 0.3 is 0 Å². The van der Waals surface area contributed by atoms with Crippen LogP contribution in [0, 0.1) is 0 Å². The molecule has 0 aromatic heterocycles. The number of hydrogen-bond donors (Lipinski definition) is 3. The number of nitrogen functional groups attached to an aromatic ring is 1. The van der Waals surface area contributed by atoms with Gasteiger partial charge in [0.05, 0.1) is 6.54 Å². The molecule has 1 heterocycles. The molecule has 3 aromatic carbocycles. The zero-order valence-electron chi connectivity index (χ0n) is 14.5. The maximum Gasteiger partial charge on any atom is 0.196 e. The number of rotatable bonds is 3. The minimum Gasteiger partial charge on any atom is -0.399 e. The monoisotopic (exact) mass is 342 g/mol. The van der Waals surface area contributed by atoms with E-state index in [-0.39, 0.29) is 5.92 Å². The lowest BCUT2D eigenvalue weighted by Crippen LogP contribution is -2.30. The second kappa shape index (κ2) is 7.31. The number of nitrogens with one attached hydrogen (secondary N) is 2. The van der Waals surface area contributed by atoms with Gasteiger partial charge in [0.15, 0.2) is 5.96 Å². The number of nitrogens with two attached hydrogens (primary N) is 1. The van der Waals surface area contributed by atoms with Gasteiger partial charge in [0.2, 0.25) is 0 Å². The number of benzene rings is 3. The zero-order valence-corrected chi connectivity index (χ0v) is 14.5. The van der Waals surface area contributed by atoms with Crippen LogP contribution in [0.2, 0.25) is 0 Å². The number of para-hydroxylation sites is 1. The maximum atomic E-state index is 5.75. The highest BCUT2D eigenvalue weighted by atomic mass is 15.2. The number of nitrogens with zero attached hydrogens (tertiary/aromatic N) is 1. The summed E-state index contributed by atoms with van der Waals surface area (Å²) in [6.07, 6.45) is 0. The second-order valence-electron chi connectivity index (χ2n) is 6.46. The summed E-state index contributed by atoms with van der Waals surface area (Å²) in [5.41, 5.74) is 11.3. The van der Waals surface area contributed by atoms with Crippen molar-refractivity contribution in [3.63, 3.8) is 0 Å². The molecule has 0 saturated heterocycles. The summed E-state index contributed by atoms with van der Waals surface area (Å²) in [6.45, 7) is 1.41. The van der Waals surface area contributed by atoms with Gasteiger partial charge in [-0.2, -0.15) is 0 Å². The third kappa shape index (κ3) is 3.54. The lowest BCUT2D eigenvalue weighted by molar-refractivity contribution is 0.817. The van der Waals surface area contributed by atoms with Crippen LogP contribution < -0.4 is 16.4 Å². The molecule has 26 heavy (non-hydrogen) atoms. The molecule has 3 aromatic rings. The third-order valence-electron chi connectivity index (χ3n) is 4.66. The van der Waals surface area contributed by atoms with Gasteiger partial charge in [0.25, 0.3) is 0 Å². The fourth-order valence-corrected chi connectivity index (χ4v) is 3.25. The van der Waals surface area contributed by atoms with Gasteiger partial charge in [-0.05, 0) is 34.9 Å². The molecule has 4 rings (SSSR count). The normalized spacial score (nSPS) is 16.0. The predicted octanol–water partition coefficient (Wildman–Crippen LogP) is 3.97. The van der Waals surface area contributed by atoms with E-state index in [2.05, 4.69) is 59.2 Å². The fourth-order valence-electron chi connectivity index (χ4n) is 3.25. The summed E-state index contributed by atoms with van der Waals surface area (Å²) in [6, 6.07) is 26.9. The van der Waals surface area contributed by atoms with Crippen molar-refractivity contribution in [3.8, 4) is 0 Å². The number of aliphatic imine (C=N–C) groups is 1. The molecule has 4 heteroatoms. The van der Waals surface area contributed by atoms with Crippen molar-refractivity contribution in [2.75, 3.05) is 17.6 Å². The molecule has 4 nitrogen and oxygen atoms in total. The third-order valence-corrected chi connectivity index (χ3v) is 4.66. The van der Waals surface area contributed by atoms with Crippen LogP contribution in [0.5, 0.6) is 0 Å². The molecule has 0 aliphatic carbocycles. The first-order chi connectivity index (χ1) is 12.8. The van der Waals surface area contributed by atoms with Gasteiger partial charge in [0, 0.05) is 23.8 Å². The van der Waals surface area contributed by atoms with Crippen molar-refractivity contribution in [1.29, 1.82) is 0 Å². The summed E-state index contributed by atoms with van der Waals surface area (Å²) in [5, 5.41) is 6.86. The quantitative estimate of drug-likeness (QED) is 0.631. The van der Waals surface area contributed by atoms with E-state index in [1.807, 2.05) is 30.3 Å². The Kier molecular flexibility index (Phi) is 4.56. The molecule has 0 bridgehead atoms. The van der Waals surface area contributed by atoms with E-state index < -0.39 is 0 Å². The van der Waals surface area contributed by atoms with Crippen molar-refractivity contribution >= 4 is 17.3 Å². The maximum absolute atomic E-state index is 5.75. The molecular formula is C22H22N4. The summed E-state index contributed by atoms with van der Waals surface area (Å²) < 4.78 is 0. The van der Waals surface area contributed by atoms with E-state index in [1.165, 1.54) is 16.7 Å². The molecule has 4 N–H and O–H groups in total. The van der Waals surface area contributed by atoms with Gasteiger partial charge in [-0.25, -0.2) is 0 Å². The average Bonchev–Trinajstić information content (AvgIpc) is 2.87. The second-order valence-corrected chi connectivity index (χ2v) is 6.46. The molecule has 0 fully saturated rings. The molecule has 1 aliphatic heterocycles. The van der Waals surface area contributed by atoms with Gasteiger partial charge < -0.3 is 16.4 Å². The molecule has 0 spiro atoms. The Bertz CT molecular complexity index is 901. The first-order valence-corrected chi connectivity index (χ1v) is 8.83. The summed E-state index contributed by atoms with van der Waals surface area (Å²) in [7, 11) is 0. The Morgan fingerprint density at radius 1 is 0.923 bits per heavy atom. The predicted molar refractivity (Wildman–Crippen MR) is 108 cm³/mol. The lowest BCUT2D eigenvalue weighted by atomic mass is 9.90. The summed E-state index contributed by atoms with van der Waals surface area (Å²) in [5.74, 6) is 1.04. The van der Waals surface area contributed by atoms with E-state index in [1.54, 1.807) is 0 Å². The van der Waals surface area contributed by atoms with Crippen LogP contribution in [0.3, 0.4) is 0 Å². The number of anilines is 2. The van der Waals surface area contributed by atoms with Crippen LogP contribution in [0.25, 0.3) is 0 Å². The minimum atomic E-state index is 0.246. The minimum absolute atomic E-state index is 0.246. The van der Waals surface area contributed by atoms with Crippen LogP contribution in [-0.4, -0.2) is 12.5 Å². The zero-order chi connectivity index (χ0) is 17.8. The molecule has 0 radical (unpaired) electrons. The van der Waals surface area contributed by atoms with E-state index in [0.717, 1.165) is 17.3 Å². The Balaban J connectivity index is 1.57. The summed E-state index contributed by atoms with van der Waals surface area (Å²) in [4.78, 5) is 4.80. The van der Waals surface area contributed by atoms with Gasteiger partial charge in [-0.15, -0.1) is 0 Å². The van der Waals surface area contributed by atoms with E-state index >= 15 is 0 Å². The smallest absolute Gasteiger partial charge is 0.196 e. The highest BCUT2D eigenvalue weighted by molar-refractivity contribution is 5.95. The van der Waals surface area contributed by atoms with E-state index in [9.17, 15) is 0 Å². The molecule has 1 aliphatic rings. The Morgan fingerprint density at radius 2 is 1.65 bits per heavy atom.